The number of carbonyl (C=O) groups excluding carboxylic acids is 1. The van der Waals surface area contributed by atoms with E-state index in [1.54, 1.807) is 30.6 Å². The van der Waals surface area contributed by atoms with Crippen LogP contribution in [0.15, 0.2) is 48.5 Å². The van der Waals surface area contributed by atoms with Crippen LogP contribution in [0.25, 0.3) is 10.6 Å². The molecule has 1 N–H and O–H groups in total. The molecule has 1 amide bonds. The zero-order valence-electron chi connectivity index (χ0n) is 16.3. The number of rotatable bonds is 8. The number of benzene rings is 2. The molecular formula is C22H24N2O3S. The summed E-state index contributed by atoms with van der Waals surface area (Å²) in [6.45, 7) is 5.12. The molecule has 6 heteroatoms. The number of hydrogen-bond acceptors (Lipinski definition) is 5. The molecule has 146 valence electrons. The molecule has 0 unspecified atom stereocenters. The quantitative estimate of drug-likeness (QED) is 0.609. The lowest BCUT2D eigenvalue weighted by Crippen LogP contribution is -2.25. The van der Waals surface area contributed by atoms with Gasteiger partial charge >= 0.3 is 0 Å². The average molecular weight is 397 g/mol. The summed E-state index contributed by atoms with van der Waals surface area (Å²) in [6, 6.07) is 15.1. The lowest BCUT2D eigenvalue weighted by Gasteiger charge is -2.06. The standard InChI is InChI=1S/C22H24N2O3S/c1-4-27-19-11-5-16(6-12-19)21(25)23-14-13-20-15(2)24-22(28-20)17-7-9-18(26-3)10-8-17/h5-12H,4,13-14H2,1-3H3,(H,23,25). The topological polar surface area (TPSA) is 60.5 Å². The van der Waals surface area contributed by atoms with Crippen molar-refractivity contribution in [1.82, 2.24) is 10.3 Å². The van der Waals surface area contributed by atoms with Crippen molar-refractivity contribution in [2.75, 3.05) is 20.3 Å². The summed E-state index contributed by atoms with van der Waals surface area (Å²) in [5, 5.41) is 3.95. The Kier molecular flexibility index (Phi) is 6.66. The summed E-state index contributed by atoms with van der Waals surface area (Å²) in [5.41, 5.74) is 2.70. The third-order valence-corrected chi connectivity index (χ3v) is 5.56. The minimum absolute atomic E-state index is 0.0828. The molecule has 0 saturated heterocycles. The van der Waals surface area contributed by atoms with Crippen molar-refractivity contribution in [3.8, 4) is 22.1 Å². The fourth-order valence-corrected chi connectivity index (χ4v) is 3.85. The van der Waals surface area contributed by atoms with Crippen molar-refractivity contribution >= 4 is 17.2 Å². The third-order valence-electron chi connectivity index (χ3n) is 4.29. The predicted octanol–water partition coefficient (Wildman–Crippen LogP) is 4.50. The maximum absolute atomic E-state index is 12.3. The molecule has 0 bridgehead atoms. The van der Waals surface area contributed by atoms with E-state index in [0.717, 1.165) is 34.2 Å². The molecule has 0 aliphatic rings. The molecule has 1 heterocycles. The third kappa shape index (κ3) is 4.89. The lowest BCUT2D eigenvalue weighted by atomic mass is 10.2. The minimum Gasteiger partial charge on any atom is -0.497 e. The highest BCUT2D eigenvalue weighted by Gasteiger charge is 2.11. The number of carbonyl (C=O) groups is 1. The molecule has 3 rings (SSSR count). The molecule has 0 fully saturated rings. The first-order valence-electron chi connectivity index (χ1n) is 9.22. The highest BCUT2D eigenvalue weighted by atomic mass is 32.1. The summed E-state index contributed by atoms with van der Waals surface area (Å²) in [4.78, 5) is 18.1. The maximum Gasteiger partial charge on any atom is 0.251 e. The van der Waals surface area contributed by atoms with Crippen LogP contribution in [0, 0.1) is 6.92 Å². The van der Waals surface area contributed by atoms with Crippen molar-refractivity contribution in [3.63, 3.8) is 0 Å². The molecule has 0 aliphatic carbocycles. The number of nitrogens with zero attached hydrogens (tertiary/aromatic N) is 1. The van der Waals surface area contributed by atoms with E-state index in [0.29, 0.717) is 18.7 Å². The van der Waals surface area contributed by atoms with E-state index in [9.17, 15) is 4.79 Å². The van der Waals surface area contributed by atoms with Gasteiger partial charge in [-0.25, -0.2) is 4.98 Å². The van der Waals surface area contributed by atoms with Crippen molar-refractivity contribution in [2.24, 2.45) is 0 Å². The second-order valence-corrected chi connectivity index (χ2v) is 7.30. The normalized spacial score (nSPS) is 10.5. The van der Waals surface area contributed by atoms with Crippen LogP contribution in [0.2, 0.25) is 0 Å². The van der Waals surface area contributed by atoms with Gasteiger partial charge in [-0.1, -0.05) is 0 Å². The molecular weight excluding hydrogens is 372 g/mol. The van der Waals surface area contributed by atoms with E-state index in [4.69, 9.17) is 9.47 Å². The zero-order chi connectivity index (χ0) is 19.9. The van der Waals surface area contributed by atoms with Gasteiger partial charge in [-0.3, -0.25) is 4.79 Å². The molecule has 28 heavy (non-hydrogen) atoms. The number of amides is 1. The fourth-order valence-electron chi connectivity index (χ4n) is 2.78. The predicted molar refractivity (Wildman–Crippen MR) is 112 cm³/mol. The van der Waals surface area contributed by atoms with Crippen LogP contribution in [0.4, 0.5) is 0 Å². The molecule has 0 atom stereocenters. The first-order chi connectivity index (χ1) is 13.6. The number of ether oxygens (including phenoxy) is 2. The Labute approximate surface area is 169 Å². The number of nitrogens with one attached hydrogen (secondary N) is 1. The van der Waals surface area contributed by atoms with Crippen LogP contribution in [-0.2, 0) is 6.42 Å². The van der Waals surface area contributed by atoms with Gasteiger partial charge in [0.25, 0.3) is 5.91 Å². The van der Waals surface area contributed by atoms with Crippen molar-refractivity contribution in [2.45, 2.75) is 20.3 Å². The van der Waals surface area contributed by atoms with Crippen LogP contribution in [0.3, 0.4) is 0 Å². The largest absolute Gasteiger partial charge is 0.497 e. The monoisotopic (exact) mass is 396 g/mol. The molecule has 3 aromatic rings. The minimum atomic E-state index is -0.0828. The van der Waals surface area contributed by atoms with Gasteiger partial charge in [0.15, 0.2) is 0 Å². The number of thiazole rings is 1. The second kappa shape index (κ2) is 9.37. The van der Waals surface area contributed by atoms with Crippen LogP contribution in [-0.4, -0.2) is 31.2 Å². The average Bonchev–Trinajstić information content (AvgIpc) is 3.09. The lowest BCUT2D eigenvalue weighted by molar-refractivity contribution is 0.0954. The van der Waals surface area contributed by atoms with Gasteiger partial charge in [0, 0.05) is 29.0 Å². The Morgan fingerprint density at radius 3 is 2.39 bits per heavy atom. The summed E-state index contributed by atoms with van der Waals surface area (Å²) in [5.74, 6) is 1.51. The van der Waals surface area contributed by atoms with E-state index in [2.05, 4.69) is 10.3 Å². The molecule has 2 aromatic carbocycles. The molecule has 0 aliphatic heterocycles. The summed E-state index contributed by atoms with van der Waals surface area (Å²) in [7, 11) is 1.66. The van der Waals surface area contributed by atoms with Gasteiger partial charge in [-0.15, -0.1) is 11.3 Å². The highest BCUT2D eigenvalue weighted by molar-refractivity contribution is 7.15. The fraction of sp³-hybridized carbons (Fsp3) is 0.273. The van der Waals surface area contributed by atoms with E-state index < -0.39 is 0 Å². The number of methoxy groups -OCH3 is 1. The van der Waals surface area contributed by atoms with Crippen molar-refractivity contribution in [1.29, 1.82) is 0 Å². The summed E-state index contributed by atoms with van der Waals surface area (Å²) in [6.07, 6.45) is 0.752. The number of aromatic nitrogens is 1. The molecule has 5 nitrogen and oxygen atoms in total. The summed E-state index contributed by atoms with van der Waals surface area (Å²) < 4.78 is 10.6. The highest BCUT2D eigenvalue weighted by Crippen LogP contribution is 2.29. The van der Waals surface area contributed by atoms with Crippen LogP contribution in [0.1, 0.15) is 27.9 Å². The SMILES string of the molecule is CCOc1ccc(C(=O)NCCc2sc(-c3ccc(OC)cc3)nc2C)cc1. The van der Waals surface area contributed by atoms with E-state index >= 15 is 0 Å². The van der Waals surface area contributed by atoms with Gasteiger partial charge in [-0.05, 0) is 62.4 Å². The van der Waals surface area contributed by atoms with Gasteiger partial charge in [0.1, 0.15) is 16.5 Å². The molecule has 0 spiro atoms. The smallest absolute Gasteiger partial charge is 0.251 e. The zero-order valence-corrected chi connectivity index (χ0v) is 17.1. The summed E-state index contributed by atoms with van der Waals surface area (Å²) >= 11 is 1.66. The molecule has 0 saturated carbocycles. The van der Waals surface area contributed by atoms with Crippen molar-refractivity contribution < 1.29 is 14.3 Å². The maximum atomic E-state index is 12.3. The van der Waals surface area contributed by atoms with E-state index in [1.807, 2.05) is 50.2 Å². The molecule has 1 aromatic heterocycles. The van der Waals surface area contributed by atoms with Crippen LogP contribution >= 0.6 is 11.3 Å². The van der Waals surface area contributed by atoms with E-state index in [-0.39, 0.29) is 5.91 Å². The van der Waals surface area contributed by atoms with Crippen LogP contribution in [0.5, 0.6) is 11.5 Å². The van der Waals surface area contributed by atoms with Crippen LogP contribution < -0.4 is 14.8 Å². The van der Waals surface area contributed by atoms with Gasteiger partial charge in [-0.2, -0.15) is 0 Å². The second-order valence-electron chi connectivity index (χ2n) is 6.22. The van der Waals surface area contributed by atoms with Gasteiger partial charge < -0.3 is 14.8 Å². The van der Waals surface area contributed by atoms with E-state index in [1.165, 1.54) is 4.88 Å². The Hall–Kier alpha value is -2.86. The Bertz CT molecular complexity index is 918. The Balaban J connectivity index is 1.57. The first kappa shape index (κ1) is 19.9. The van der Waals surface area contributed by atoms with Crippen molar-refractivity contribution in [3.05, 3.63) is 64.7 Å². The van der Waals surface area contributed by atoms with Gasteiger partial charge in [0.05, 0.1) is 19.4 Å². The first-order valence-corrected chi connectivity index (χ1v) is 10.0. The molecule has 0 radical (unpaired) electrons. The number of aryl methyl sites for hydroxylation is 1. The van der Waals surface area contributed by atoms with Gasteiger partial charge in [0.2, 0.25) is 0 Å². The number of hydrogen-bond donors (Lipinski definition) is 1. The Morgan fingerprint density at radius 1 is 1.07 bits per heavy atom. The Morgan fingerprint density at radius 2 is 1.75 bits per heavy atom.